The van der Waals surface area contributed by atoms with Crippen LogP contribution in [0.2, 0.25) is 0 Å². The molecular formula is C21H25N3O4. The first-order valence-electron chi connectivity index (χ1n) is 9.44. The molecular weight excluding hydrogens is 358 g/mol. The number of carbonyl (C=O) groups is 1. The van der Waals surface area contributed by atoms with E-state index in [-0.39, 0.29) is 24.1 Å². The number of piperidine rings is 1. The Morgan fingerprint density at radius 1 is 1.18 bits per heavy atom. The van der Waals surface area contributed by atoms with Gasteiger partial charge >= 0.3 is 0 Å². The molecule has 1 fully saturated rings. The molecule has 7 heteroatoms. The summed E-state index contributed by atoms with van der Waals surface area (Å²) in [5.74, 6) is 0.588. The Labute approximate surface area is 164 Å². The first-order chi connectivity index (χ1) is 13.5. The van der Waals surface area contributed by atoms with Gasteiger partial charge in [0.2, 0.25) is 5.91 Å². The van der Waals surface area contributed by atoms with Crippen LogP contribution in [-0.2, 0) is 17.8 Å². The van der Waals surface area contributed by atoms with Crippen LogP contribution in [0.15, 0.2) is 48.5 Å². The number of benzene rings is 2. The Bertz CT molecular complexity index is 815. The largest absolute Gasteiger partial charge is 0.490 e. The molecule has 0 bridgehead atoms. The van der Waals surface area contributed by atoms with Gasteiger partial charge in [-0.1, -0.05) is 30.3 Å². The van der Waals surface area contributed by atoms with Crippen LogP contribution < -0.4 is 10.1 Å². The van der Waals surface area contributed by atoms with Crippen molar-refractivity contribution in [3.8, 4) is 5.75 Å². The van der Waals surface area contributed by atoms with E-state index in [0.717, 1.165) is 37.2 Å². The summed E-state index contributed by atoms with van der Waals surface area (Å²) in [6.45, 7) is 2.47. The molecule has 1 N–H and O–H groups in total. The highest BCUT2D eigenvalue weighted by atomic mass is 16.6. The predicted molar refractivity (Wildman–Crippen MR) is 106 cm³/mol. The number of carbonyl (C=O) groups excluding carboxylic acids is 1. The third kappa shape index (κ3) is 5.53. The summed E-state index contributed by atoms with van der Waals surface area (Å²) in [7, 11) is 2.12. The highest BCUT2D eigenvalue weighted by Gasteiger charge is 2.18. The van der Waals surface area contributed by atoms with Crippen molar-refractivity contribution < 1.29 is 14.5 Å². The third-order valence-electron chi connectivity index (χ3n) is 4.92. The minimum Gasteiger partial charge on any atom is -0.490 e. The SMILES string of the molecule is CN1CCC(Oc2ccc(CNC(=O)Cc3ccccc3[N+](=O)[O-])cc2)CC1. The molecule has 1 aliphatic rings. The average molecular weight is 383 g/mol. The molecule has 1 aliphatic heterocycles. The van der Waals surface area contributed by atoms with Crippen LogP contribution in [0.5, 0.6) is 5.75 Å². The van der Waals surface area contributed by atoms with Gasteiger partial charge in [-0.25, -0.2) is 0 Å². The number of nitro groups is 1. The maximum Gasteiger partial charge on any atom is 0.273 e. The van der Waals surface area contributed by atoms with Crippen LogP contribution in [0.4, 0.5) is 5.69 Å². The summed E-state index contributed by atoms with van der Waals surface area (Å²) in [5, 5.41) is 13.8. The van der Waals surface area contributed by atoms with E-state index in [2.05, 4.69) is 17.3 Å². The topological polar surface area (TPSA) is 84.7 Å². The lowest BCUT2D eigenvalue weighted by Gasteiger charge is -2.29. The summed E-state index contributed by atoms with van der Waals surface area (Å²) in [6.07, 6.45) is 2.29. The molecule has 0 radical (unpaired) electrons. The number of nitro benzene ring substituents is 1. The number of likely N-dealkylation sites (tertiary alicyclic amines) is 1. The molecule has 1 saturated heterocycles. The van der Waals surface area contributed by atoms with Gasteiger partial charge in [0, 0.05) is 31.3 Å². The fraction of sp³-hybridized carbons (Fsp3) is 0.381. The molecule has 2 aromatic rings. The molecule has 148 valence electrons. The van der Waals surface area contributed by atoms with Crippen molar-refractivity contribution >= 4 is 11.6 Å². The van der Waals surface area contributed by atoms with Gasteiger partial charge in [-0.2, -0.15) is 0 Å². The summed E-state index contributed by atoms with van der Waals surface area (Å²) < 4.78 is 6.02. The van der Waals surface area contributed by atoms with Gasteiger partial charge in [0.05, 0.1) is 11.3 Å². The van der Waals surface area contributed by atoms with Crippen LogP contribution in [0.3, 0.4) is 0 Å². The fourth-order valence-corrected chi connectivity index (χ4v) is 3.26. The zero-order valence-electron chi connectivity index (χ0n) is 16.0. The van der Waals surface area contributed by atoms with Gasteiger partial charge in [-0.15, -0.1) is 0 Å². The van der Waals surface area contributed by atoms with E-state index < -0.39 is 4.92 Å². The number of ether oxygens (including phenoxy) is 1. The van der Waals surface area contributed by atoms with Crippen LogP contribution in [0.1, 0.15) is 24.0 Å². The Morgan fingerprint density at radius 3 is 2.54 bits per heavy atom. The quantitative estimate of drug-likeness (QED) is 0.587. The molecule has 1 amide bonds. The molecule has 28 heavy (non-hydrogen) atoms. The highest BCUT2D eigenvalue weighted by Crippen LogP contribution is 2.20. The maximum atomic E-state index is 12.2. The molecule has 7 nitrogen and oxygen atoms in total. The van der Waals surface area contributed by atoms with Gasteiger partial charge < -0.3 is 15.0 Å². The summed E-state index contributed by atoms with van der Waals surface area (Å²) in [5.41, 5.74) is 1.33. The van der Waals surface area contributed by atoms with E-state index >= 15 is 0 Å². The Hall–Kier alpha value is -2.93. The summed E-state index contributed by atoms with van der Waals surface area (Å²) in [4.78, 5) is 25.0. The second-order valence-electron chi connectivity index (χ2n) is 7.10. The van der Waals surface area contributed by atoms with E-state index in [1.54, 1.807) is 18.2 Å². The fourth-order valence-electron chi connectivity index (χ4n) is 3.26. The van der Waals surface area contributed by atoms with E-state index in [1.807, 2.05) is 24.3 Å². The van der Waals surface area contributed by atoms with Gasteiger partial charge in [-0.3, -0.25) is 14.9 Å². The summed E-state index contributed by atoms with van der Waals surface area (Å²) in [6, 6.07) is 14.0. The second kappa shape index (κ2) is 9.32. The van der Waals surface area contributed by atoms with E-state index in [9.17, 15) is 14.9 Å². The number of hydrogen-bond acceptors (Lipinski definition) is 5. The number of para-hydroxylation sites is 1. The van der Waals surface area contributed by atoms with E-state index in [1.165, 1.54) is 6.07 Å². The van der Waals surface area contributed by atoms with Crippen LogP contribution in [-0.4, -0.2) is 42.0 Å². The van der Waals surface area contributed by atoms with Crippen molar-refractivity contribution in [2.75, 3.05) is 20.1 Å². The Morgan fingerprint density at radius 2 is 1.86 bits per heavy atom. The number of nitrogens with one attached hydrogen (secondary N) is 1. The first kappa shape index (κ1) is 19.8. The third-order valence-corrected chi connectivity index (χ3v) is 4.92. The Kier molecular flexibility index (Phi) is 6.60. The summed E-state index contributed by atoms with van der Waals surface area (Å²) >= 11 is 0. The minimum atomic E-state index is -0.467. The van der Waals surface area contributed by atoms with Gasteiger partial charge in [0.15, 0.2) is 0 Å². The maximum absolute atomic E-state index is 12.2. The standard InChI is InChI=1S/C21H25N3O4/c1-23-12-10-19(11-13-23)28-18-8-6-16(7-9-18)15-22-21(25)14-17-4-2-3-5-20(17)24(26)27/h2-9,19H,10-15H2,1H3,(H,22,25). The average Bonchev–Trinajstić information content (AvgIpc) is 2.69. The number of hydrogen-bond donors (Lipinski definition) is 1. The molecule has 0 atom stereocenters. The zero-order chi connectivity index (χ0) is 19.9. The zero-order valence-corrected chi connectivity index (χ0v) is 16.0. The van der Waals surface area contributed by atoms with E-state index in [4.69, 9.17) is 4.74 Å². The number of nitrogens with zero attached hydrogens (tertiary/aromatic N) is 2. The highest BCUT2D eigenvalue weighted by molar-refractivity contribution is 5.79. The lowest BCUT2D eigenvalue weighted by Crippen LogP contribution is -2.35. The van der Waals surface area contributed by atoms with Crippen LogP contribution in [0, 0.1) is 10.1 Å². The first-order valence-corrected chi connectivity index (χ1v) is 9.44. The van der Waals surface area contributed by atoms with Crippen molar-refractivity contribution in [1.82, 2.24) is 10.2 Å². The molecule has 3 rings (SSSR count). The molecule has 0 aromatic heterocycles. The number of rotatable bonds is 7. The predicted octanol–water partition coefficient (Wildman–Crippen LogP) is 2.93. The van der Waals surface area contributed by atoms with Crippen LogP contribution >= 0.6 is 0 Å². The molecule has 1 heterocycles. The van der Waals surface area contributed by atoms with Crippen LogP contribution in [0.25, 0.3) is 0 Å². The molecule has 0 saturated carbocycles. The molecule has 0 spiro atoms. The Balaban J connectivity index is 1.48. The van der Waals surface area contributed by atoms with E-state index in [0.29, 0.717) is 12.1 Å². The lowest BCUT2D eigenvalue weighted by molar-refractivity contribution is -0.385. The van der Waals surface area contributed by atoms with Crippen molar-refractivity contribution in [1.29, 1.82) is 0 Å². The van der Waals surface area contributed by atoms with Gasteiger partial charge in [-0.05, 0) is 37.6 Å². The lowest BCUT2D eigenvalue weighted by atomic mass is 10.1. The smallest absolute Gasteiger partial charge is 0.273 e. The van der Waals surface area contributed by atoms with Gasteiger partial charge in [0.1, 0.15) is 11.9 Å². The normalized spacial score (nSPS) is 15.2. The van der Waals surface area contributed by atoms with Crippen molar-refractivity contribution in [2.45, 2.75) is 31.9 Å². The number of amides is 1. The molecule has 2 aromatic carbocycles. The molecule has 0 unspecified atom stereocenters. The second-order valence-corrected chi connectivity index (χ2v) is 7.10. The molecule has 0 aliphatic carbocycles. The van der Waals surface area contributed by atoms with Crippen molar-refractivity contribution in [2.24, 2.45) is 0 Å². The minimum absolute atomic E-state index is 0.0194. The monoisotopic (exact) mass is 383 g/mol. The van der Waals surface area contributed by atoms with Gasteiger partial charge in [0.25, 0.3) is 5.69 Å². The van der Waals surface area contributed by atoms with Crippen molar-refractivity contribution in [3.05, 3.63) is 69.8 Å². The van der Waals surface area contributed by atoms with Crippen molar-refractivity contribution in [3.63, 3.8) is 0 Å².